The predicted octanol–water partition coefficient (Wildman–Crippen LogP) is 3.33. The number of imidazole rings is 1. The fraction of sp³-hybridized carbons (Fsp3) is 0.438. The van der Waals surface area contributed by atoms with Gasteiger partial charge in [-0.25, -0.2) is 4.98 Å². The maximum Gasteiger partial charge on any atom is 0.156 e. The highest BCUT2D eigenvalue weighted by Crippen LogP contribution is 2.33. The maximum atomic E-state index is 11.9. The molecular weight excluding hydrogens is 330 g/mol. The Morgan fingerprint density at radius 1 is 1.29 bits per heavy atom. The Kier molecular flexibility index (Phi) is 4.42. The molecule has 1 N–H and O–H groups in total. The van der Waals surface area contributed by atoms with Gasteiger partial charge in [0.1, 0.15) is 11.5 Å². The smallest absolute Gasteiger partial charge is 0.156 e. The molecule has 5 heteroatoms. The van der Waals surface area contributed by atoms with Gasteiger partial charge in [-0.1, -0.05) is 35.2 Å². The summed E-state index contributed by atoms with van der Waals surface area (Å²) in [7, 11) is 1.61. The van der Waals surface area contributed by atoms with Crippen molar-refractivity contribution in [1.82, 2.24) is 9.55 Å². The van der Waals surface area contributed by atoms with Crippen molar-refractivity contribution in [2.45, 2.75) is 38.0 Å². The van der Waals surface area contributed by atoms with Gasteiger partial charge < -0.3 is 10.3 Å². The van der Waals surface area contributed by atoms with E-state index in [1.54, 1.807) is 7.05 Å². The second-order valence-electron chi connectivity index (χ2n) is 5.71. The molecule has 21 heavy (non-hydrogen) atoms. The molecule has 1 saturated carbocycles. The number of aromatic nitrogens is 2. The lowest BCUT2D eigenvalue weighted by molar-refractivity contribution is -0.751. The number of quaternary nitrogens is 1. The molecule has 1 heterocycles. The largest absolute Gasteiger partial charge is 0.629 e. The zero-order chi connectivity index (χ0) is 14.8. The standard InChI is InChI=1S/C16H20BrN3O/c1-19(21)15-11-13(17)7-8-14(15)20-10-9-18-16(20)12-5-3-2-4-6-12/h7-12,19H,2-6H2,1H3. The average Bonchev–Trinajstić information content (AvgIpc) is 2.97. The average molecular weight is 350 g/mol. The van der Waals surface area contributed by atoms with Crippen LogP contribution < -0.4 is 5.06 Å². The molecule has 1 atom stereocenters. The lowest BCUT2D eigenvalue weighted by Gasteiger charge is -2.24. The van der Waals surface area contributed by atoms with Crippen molar-refractivity contribution in [3.63, 3.8) is 0 Å². The van der Waals surface area contributed by atoms with Gasteiger partial charge in [0.2, 0.25) is 0 Å². The van der Waals surface area contributed by atoms with Crippen molar-refractivity contribution in [3.8, 4) is 5.69 Å². The predicted molar refractivity (Wildman–Crippen MR) is 87.0 cm³/mol. The molecule has 0 amide bonds. The van der Waals surface area contributed by atoms with Gasteiger partial charge in [-0.05, 0) is 25.0 Å². The normalized spacial score (nSPS) is 17.9. The third-order valence-electron chi connectivity index (χ3n) is 4.24. The Morgan fingerprint density at radius 3 is 2.76 bits per heavy atom. The van der Waals surface area contributed by atoms with Crippen LogP contribution in [-0.4, -0.2) is 16.6 Å². The van der Waals surface area contributed by atoms with Crippen molar-refractivity contribution in [2.75, 3.05) is 7.05 Å². The van der Waals surface area contributed by atoms with E-state index < -0.39 is 0 Å². The minimum atomic E-state index is 0.0783. The molecule has 0 bridgehead atoms. The topological polar surface area (TPSA) is 45.3 Å². The Bertz CT molecular complexity index is 618. The number of hydrogen-bond acceptors (Lipinski definition) is 2. The Morgan fingerprint density at radius 2 is 2.05 bits per heavy atom. The number of halogens is 1. The van der Waals surface area contributed by atoms with Crippen LogP contribution in [0.5, 0.6) is 0 Å². The highest BCUT2D eigenvalue weighted by molar-refractivity contribution is 9.10. The Labute approximate surface area is 133 Å². The highest BCUT2D eigenvalue weighted by atomic mass is 79.9. The number of hydrogen-bond donors (Lipinski definition) is 1. The molecule has 0 spiro atoms. The van der Waals surface area contributed by atoms with Crippen LogP contribution in [0.1, 0.15) is 43.8 Å². The van der Waals surface area contributed by atoms with E-state index in [2.05, 4.69) is 25.5 Å². The van der Waals surface area contributed by atoms with Crippen LogP contribution in [0, 0.1) is 5.21 Å². The number of nitrogens with one attached hydrogen (secondary N) is 1. The highest BCUT2D eigenvalue weighted by Gasteiger charge is 2.22. The van der Waals surface area contributed by atoms with Crippen LogP contribution in [0.15, 0.2) is 35.1 Å². The summed E-state index contributed by atoms with van der Waals surface area (Å²) in [6, 6.07) is 5.86. The number of nitrogens with zero attached hydrogens (tertiary/aromatic N) is 2. The van der Waals surface area contributed by atoms with E-state index >= 15 is 0 Å². The van der Waals surface area contributed by atoms with Gasteiger partial charge in [0.05, 0.1) is 7.05 Å². The van der Waals surface area contributed by atoms with Gasteiger partial charge in [0.25, 0.3) is 0 Å². The summed E-state index contributed by atoms with van der Waals surface area (Å²) in [5.74, 6) is 1.61. The summed E-state index contributed by atoms with van der Waals surface area (Å²) < 4.78 is 3.02. The summed E-state index contributed by atoms with van der Waals surface area (Å²) in [5, 5.41) is 12.0. The summed E-state index contributed by atoms with van der Waals surface area (Å²) in [6.45, 7) is 0. The van der Waals surface area contributed by atoms with Gasteiger partial charge in [-0.2, -0.15) is 0 Å². The monoisotopic (exact) mass is 349 g/mol. The molecule has 2 aromatic rings. The quantitative estimate of drug-likeness (QED) is 0.863. The fourth-order valence-corrected chi connectivity index (χ4v) is 3.54. The van der Waals surface area contributed by atoms with E-state index in [-0.39, 0.29) is 5.06 Å². The Hall–Kier alpha value is -1.17. The molecule has 1 fully saturated rings. The van der Waals surface area contributed by atoms with Crippen LogP contribution in [0.4, 0.5) is 5.69 Å². The Balaban J connectivity index is 2.03. The maximum absolute atomic E-state index is 11.9. The zero-order valence-corrected chi connectivity index (χ0v) is 13.8. The molecule has 1 aromatic carbocycles. The minimum absolute atomic E-state index is 0.0783. The molecule has 0 aliphatic heterocycles. The van der Waals surface area contributed by atoms with Crippen LogP contribution in [0.2, 0.25) is 0 Å². The lowest BCUT2D eigenvalue weighted by Crippen LogP contribution is -2.98. The van der Waals surface area contributed by atoms with Gasteiger partial charge in [-0.3, -0.25) is 4.57 Å². The van der Waals surface area contributed by atoms with Crippen molar-refractivity contribution >= 4 is 21.6 Å². The van der Waals surface area contributed by atoms with Crippen molar-refractivity contribution in [2.24, 2.45) is 0 Å². The third kappa shape index (κ3) is 3.05. The second kappa shape index (κ2) is 6.30. The summed E-state index contributed by atoms with van der Waals surface area (Å²) in [4.78, 5) is 4.58. The first kappa shape index (κ1) is 14.8. The van der Waals surface area contributed by atoms with Gasteiger partial charge in [0.15, 0.2) is 5.69 Å². The van der Waals surface area contributed by atoms with Crippen LogP contribution in [0.25, 0.3) is 5.69 Å². The van der Waals surface area contributed by atoms with Gasteiger partial charge >= 0.3 is 0 Å². The third-order valence-corrected chi connectivity index (χ3v) is 4.73. The molecule has 0 radical (unpaired) electrons. The number of rotatable bonds is 3. The SMILES string of the molecule is C[NH+]([O-])c1cc(Br)ccc1-n1ccnc1C1CCCCC1. The van der Waals surface area contributed by atoms with Crippen LogP contribution in [0.3, 0.4) is 0 Å². The van der Waals surface area contributed by atoms with E-state index in [0.717, 1.165) is 21.7 Å². The molecule has 1 unspecified atom stereocenters. The van der Waals surface area contributed by atoms with E-state index in [1.165, 1.54) is 32.1 Å². The summed E-state index contributed by atoms with van der Waals surface area (Å²) >= 11 is 3.45. The summed E-state index contributed by atoms with van der Waals surface area (Å²) in [5.41, 5.74) is 1.67. The van der Waals surface area contributed by atoms with Crippen LogP contribution >= 0.6 is 15.9 Å². The molecule has 1 aromatic heterocycles. The van der Waals surface area contributed by atoms with E-state index in [4.69, 9.17) is 0 Å². The fourth-order valence-electron chi connectivity index (χ4n) is 3.18. The lowest BCUT2D eigenvalue weighted by atomic mass is 9.88. The van der Waals surface area contributed by atoms with E-state index in [1.807, 2.05) is 30.6 Å². The number of benzene rings is 1. The zero-order valence-electron chi connectivity index (χ0n) is 12.2. The molecule has 0 saturated heterocycles. The molecule has 4 nitrogen and oxygen atoms in total. The van der Waals surface area contributed by atoms with Crippen molar-refractivity contribution < 1.29 is 5.06 Å². The number of hydroxylamine groups is 1. The minimum Gasteiger partial charge on any atom is -0.629 e. The van der Waals surface area contributed by atoms with E-state index in [9.17, 15) is 5.21 Å². The first-order valence-electron chi connectivity index (χ1n) is 7.51. The van der Waals surface area contributed by atoms with Gasteiger partial charge in [-0.15, -0.1) is 0 Å². The van der Waals surface area contributed by atoms with Crippen molar-refractivity contribution in [1.29, 1.82) is 0 Å². The molecule has 112 valence electrons. The van der Waals surface area contributed by atoms with Gasteiger partial charge in [0, 0.05) is 28.9 Å². The first-order valence-corrected chi connectivity index (χ1v) is 8.30. The molecular formula is C16H20BrN3O. The molecule has 1 aliphatic rings. The molecule has 1 aliphatic carbocycles. The van der Waals surface area contributed by atoms with E-state index in [0.29, 0.717) is 5.92 Å². The molecule has 3 rings (SSSR count). The van der Waals surface area contributed by atoms with Crippen LogP contribution in [-0.2, 0) is 0 Å². The first-order chi connectivity index (χ1) is 10.2. The second-order valence-corrected chi connectivity index (χ2v) is 6.62. The summed E-state index contributed by atoms with van der Waals surface area (Å²) in [6.07, 6.45) is 10.1. The van der Waals surface area contributed by atoms with Crippen molar-refractivity contribution in [3.05, 3.63) is 46.1 Å².